The van der Waals surface area contributed by atoms with Gasteiger partial charge < -0.3 is 10.4 Å². The molecule has 0 amide bonds. The molecule has 1 aromatic carbocycles. The summed E-state index contributed by atoms with van der Waals surface area (Å²) in [5.41, 5.74) is 4.85. The van der Waals surface area contributed by atoms with Crippen molar-refractivity contribution in [3.8, 4) is 0 Å². The van der Waals surface area contributed by atoms with E-state index in [4.69, 9.17) is 16.6 Å². The molecule has 1 aliphatic heterocycles. The molecule has 3 aromatic rings. The Morgan fingerprint density at radius 1 is 1.05 bits per heavy atom. The molecule has 1 atom stereocenters. The lowest BCUT2D eigenvalue weighted by molar-refractivity contribution is 0.0691. The first-order valence-corrected chi connectivity index (χ1v) is 14.2. The van der Waals surface area contributed by atoms with Crippen molar-refractivity contribution in [2.45, 2.75) is 77.2 Å². The number of anilines is 1. The quantitative estimate of drug-likeness (QED) is 0.358. The second kappa shape index (κ2) is 9.51. The minimum Gasteiger partial charge on any atom is -0.476 e. The van der Waals surface area contributed by atoms with Gasteiger partial charge in [-0.1, -0.05) is 17.7 Å². The van der Waals surface area contributed by atoms with Crippen LogP contribution < -0.4 is 10.9 Å². The van der Waals surface area contributed by atoms with Gasteiger partial charge in [0.1, 0.15) is 11.0 Å². The standard InChI is InChI=1S/C30H33ClN6O3/c1-16-13-19(18(3)32-21-5-6-23(31)33-25(21)27(39)40)24-20(14-16)26(38)37(4)28(34-24)30-10-7-29(8-11-30,9-12-30)22-15-17(2)35-36-22/h5-6,13-14,18,32H,7-12,15H2,1-4H3,(H,39,40)/t18-,29?,30?/m1/s1. The largest absolute Gasteiger partial charge is 0.476 e. The highest BCUT2D eigenvalue weighted by molar-refractivity contribution is 6.29. The third-order valence-corrected chi connectivity index (χ3v) is 9.56. The van der Waals surface area contributed by atoms with Crippen molar-refractivity contribution in [3.63, 3.8) is 0 Å². The topological polar surface area (TPSA) is 122 Å². The zero-order valence-corrected chi connectivity index (χ0v) is 24.0. The van der Waals surface area contributed by atoms with E-state index in [9.17, 15) is 14.7 Å². The molecule has 4 aliphatic rings. The Morgan fingerprint density at radius 2 is 1.73 bits per heavy atom. The van der Waals surface area contributed by atoms with Gasteiger partial charge in [0.25, 0.3) is 5.56 Å². The summed E-state index contributed by atoms with van der Waals surface area (Å²) in [7, 11) is 1.84. The Labute approximate surface area is 237 Å². The maximum absolute atomic E-state index is 13.8. The van der Waals surface area contributed by atoms with E-state index in [0.29, 0.717) is 16.6 Å². The van der Waals surface area contributed by atoms with Gasteiger partial charge in [-0.2, -0.15) is 10.2 Å². The van der Waals surface area contributed by atoms with Crippen LogP contribution in [0.1, 0.15) is 92.3 Å². The number of nitrogens with one attached hydrogen (secondary N) is 1. The van der Waals surface area contributed by atoms with Gasteiger partial charge in [-0.15, -0.1) is 0 Å². The molecular weight excluding hydrogens is 528 g/mol. The fraction of sp³-hybridized carbons (Fsp3) is 0.467. The third-order valence-electron chi connectivity index (χ3n) is 9.35. The zero-order valence-electron chi connectivity index (χ0n) is 23.2. The maximum Gasteiger partial charge on any atom is 0.356 e. The van der Waals surface area contributed by atoms with Crippen LogP contribution in [0, 0.1) is 12.3 Å². The molecule has 0 unspecified atom stereocenters. The van der Waals surface area contributed by atoms with E-state index in [1.807, 2.05) is 40.0 Å². The highest BCUT2D eigenvalue weighted by Gasteiger charge is 2.53. The molecule has 7 rings (SSSR count). The van der Waals surface area contributed by atoms with Gasteiger partial charge in [-0.05, 0) is 83.1 Å². The summed E-state index contributed by atoms with van der Waals surface area (Å²) in [6, 6.07) is 6.73. The molecule has 3 saturated carbocycles. The number of aromatic carboxylic acids is 1. The number of pyridine rings is 1. The Kier molecular flexibility index (Phi) is 6.33. The fourth-order valence-electron chi connectivity index (χ4n) is 7.09. The monoisotopic (exact) mass is 560 g/mol. The van der Waals surface area contributed by atoms with Gasteiger partial charge in [-0.3, -0.25) is 9.36 Å². The number of aromatic nitrogens is 3. The Morgan fingerprint density at radius 3 is 2.35 bits per heavy atom. The predicted octanol–water partition coefficient (Wildman–Crippen LogP) is 5.97. The van der Waals surface area contributed by atoms with Crippen molar-refractivity contribution in [3.05, 3.63) is 62.4 Å². The lowest BCUT2D eigenvalue weighted by Crippen LogP contribution is -2.50. The number of benzene rings is 1. The van der Waals surface area contributed by atoms with Crippen LogP contribution in [0.4, 0.5) is 5.69 Å². The summed E-state index contributed by atoms with van der Waals surface area (Å²) in [4.78, 5) is 34.9. The average molecular weight is 561 g/mol. The van der Waals surface area contributed by atoms with Crippen LogP contribution in [0.5, 0.6) is 0 Å². The molecule has 9 nitrogen and oxygen atoms in total. The number of aryl methyl sites for hydroxylation is 1. The SMILES string of the molecule is CC1=NN=C(C23CCC(c4nc5c([C@@H](C)Nc6ccc(Cl)nc6C(=O)O)cc(C)cc5c(=O)n4C)(CC2)CC3)C1. The molecule has 208 valence electrons. The minimum atomic E-state index is -1.17. The molecule has 2 N–H and O–H groups in total. The number of carboxylic acid groups (broad SMARTS) is 1. The van der Waals surface area contributed by atoms with E-state index in [-0.39, 0.29) is 33.3 Å². The third kappa shape index (κ3) is 4.22. The molecule has 0 radical (unpaired) electrons. The summed E-state index contributed by atoms with van der Waals surface area (Å²) >= 11 is 5.96. The van der Waals surface area contributed by atoms with Crippen molar-refractivity contribution in [2.24, 2.45) is 22.7 Å². The molecule has 0 saturated heterocycles. The van der Waals surface area contributed by atoms with E-state index in [1.165, 1.54) is 5.71 Å². The first-order valence-electron chi connectivity index (χ1n) is 13.8. The number of fused-ring (bicyclic) bond motifs is 4. The minimum absolute atomic E-state index is 0.0579. The van der Waals surface area contributed by atoms with Crippen LogP contribution in [0.25, 0.3) is 10.9 Å². The molecule has 0 spiro atoms. The molecule has 2 aromatic heterocycles. The van der Waals surface area contributed by atoms with E-state index < -0.39 is 5.97 Å². The van der Waals surface area contributed by atoms with Crippen LogP contribution in [-0.4, -0.2) is 37.0 Å². The van der Waals surface area contributed by atoms with Crippen molar-refractivity contribution >= 4 is 45.6 Å². The number of carboxylic acids is 1. The van der Waals surface area contributed by atoms with E-state index in [0.717, 1.165) is 67.6 Å². The van der Waals surface area contributed by atoms with E-state index in [1.54, 1.807) is 16.7 Å². The molecule has 40 heavy (non-hydrogen) atoms. The number of nitrogens with zero attached hydrogens (tertiary/aromatic N) is 5. The van der Waals surface area contributed by atoms with Gasteiger partial charge in [0.15, 0.2) is 5.69 Å². The second-order valence-electron chi connectivity index (χ2n) is 11.9. The highest BCUT2D eigenvalue weighted by Crippen LogP contribution is 2.58. The molecule has 3 heterocycles. The van der Waals surface area contributed by atoms with Crippen molar-refractivity contribution in [1.82, 2.24) is 14.5 Å². The molecular formula is C30H33ClN6O3. The first kappa shape index (κ1) is 26.6. The van der Waals surface area contributed by atoms with Crippen LogP contribution in [0.15, 0.2) is 39.3 Å². The van der Waals surface area contributed by atoms with Crippen LogP contribution in [0.3, 0.4) is 0 Å². The van der Waals surface area contributed by atoms with E-state index >= 15 is 0 Å². The van der Waals surface area contributed by atoms with E-state index in [2.05, 4.69) is 20.5 Å². The van der Waals surface area contributed by atoms with Gasteiger partial charge in [0, 0.05) is 35.6 Å². The molecule has 3 fully saturated rings. The molecule has 3 aliphatic carbocycles. The van der Waals surface area contributed by atoms with Gasteiger partial charge >= 0.3 is 5.97 Å². The Hall–Kier alpha value is -3.59. The van der Waals surface area contributed by atoms with Crippen molar-refractivity contribution in [2.75, 3.05) is 5.32 Å². The normalized spacial score (nSPS) is 24.6. The lowest BCUT2D eigenvalue weighted by atomic mass is 9.51. The van der Waals surface area contributed by atoms with Crippen LogP contribution in [0.2, 0.25) is 5.15 Å². The Balaban J connectivity index is 1.39. The van der Waals surface area contributed by atoms with Gasteiger partial charge in [-0.25, -0.2) is 14.8 Å². The Bertz CT molecular complexity index is 1670. The highest BCUT2D eigenvalue weighted by atomic mass is 35.5. The predicted molar refractivity (Wildman–Crippen MR) is 157 cm³/mol. The van der Waals surface area contributed by atoms with Crippen molar-refractivity contribution < 1.29 is 9.90 Å². The lowest BCUT2D eigenvalue weighted by Gasteiger charge is -2.53. The summed E-state index contributed by atoms with van der Waals surface area (Å²) < 4.78 is 1.76. The maximum atomic E-state index is 13.8. The summed E-state index contributed by atoms with van der Waals surface area (Å²) in [5.74, 6) is -0.327. The summed E-state index contributed by atoms with van der Waals surface area (Å²) in [6.45, 7) is 5.93. The van der Waals surface area contributed by atoms with Crippen molar-refractivity contribution in [1.29, 1.82) is 0 Å². The fourth-order valence-corrected chi connectivity index (χ4v) is 7.24. The number of carbonyl (C=O) groups is 1. The number of hydrogen-bond acceptors (Lipinski definition) is 7. The number of hydrogen-bond donors (Lipinski definition) is 2. The number of rotatable bonds is 6. The average Bonchev–Trinajstić information content (AvgIpc) is 3.39. The second-order valence-corrected chi connectivity index (χ2v) is 12.3. The smallest absolute Gasteiger partial charge is 0.356 e. The van der Waals surface area contributed by atoms with Gasteiger partial charge in [0.05, 0.1) is 28.3 Å². The molecule has 2 bridgehead atoms. The van der Waals surface area contributed by atoms with Crippen LogP contribution >= 0.6 is 11.6 Å². The molecule has 10 heteroatoms. The summed E-state index contributed by atoms with van der Waals surface area (Å²) in [6.07, 6.45) is 6.85. The number of halogens is 1. The summed E-state index contributed by atoms with van der Waals surface area (Å²) in [5, 5.41) is 22.5. The van der Waals surface area contributed by atoms with Gasteiger partial charge in [0.2, 0.25) is 0 Å². The first-order chi connectivity index (χ1) is 19.0. The zero-order chi connectivity index (χ0) is 28.4. The van der Waals surface area contributed by atoms with Crippen LogP contribution in [-0.2, 0) is 12.5 Å².